The maximum Gasteiger partial charge on any atom is 0.418 e. The number of nitrogens with one attached hydrogen (secondary N) is 3. The molecule has 90 heavy (non-hydrogen) atoms. The topological polar surface area (TPSA) is 287 Å². The van der Waals surface area contributed by atoms with Gasteiger partial charge in [-0.3, -0.25) is 4.79 Å². The smallest absolute Gasteiger partial charge is 0.418 e. The number of rotatable bonds is 23. The van der Waals surface area contributed by atoms with Crippen LogP contribution in [0.4, 0.5) is 24.0 Å². The normalized spacial score (nSPS) is 20.7. The Labute approximate surface area is 536 Å². The number of hydrogen-bond acceptors (Lipinski definition) is 18. The van der Waals surface area contributed by atoms with E-state index in [2.05, 4.69) is 51.7 Å². The summed E-state index contributed by atoms with van der Waals surface area (Å²) in [4.78, 5) is 113. The van der Waals surface area contributed by atoms with Crippen LogP contribution >= 0.6 is 0 Å². The van der Waals surface area contributed by atoms with Gasteiger partial charge >= 0.3 is 60.2 Å². The number of amides is 7. The van der Waals surface area contributed by atoms with Crippen molar-refractivity contribution >= 4 is 60.2 Å². The highest BCUT2D eigenvalue weighted by Gasteiger charge is 2.49. The molecule has 0 aliphatic heterocycles. The first kappa shape index (κ1) is 81.1. The van der Waals surface area contributed by atoms with Gasteiger partial charge < -0.3 is 53.8 Å². The average molecular weight is 1270 g/mol. The van der Waals surface area contributed by atoms with Crippen LogP contribution in [0.2, 0.25) is 0 Å². The molecule has 7 rings (SSSR count). The van der Waals surface area contributed by atoms with Crippen molar-refractivity contribution in [1.29, 1.82) is 0 Å². The Kier molecular flexibility index (Phi) is 42.4. The molecule has 7 saturated carbocycles. The van der Waals surface area contributed by atoms with Crippen LogP contribution in [0.15, 0.2) is 48.6 Å². The minimum atomic E-state index is -0.778. The van der Waals surface area contributed by atoms with Crippen molar-refractivity contribution in [3.63, 3.8) is 0 Å². The quantitative estimate of drug-likeness (QED) is 0.0371. The zero-order valence-electron chi connectivity index (χ0n) is 56.1. The van der Waals surface area contributed by atoms with Crippen LogP contribution in [0.1, 0.15) is 185 Å². The average Bonchev–Trinajstić information content (AvgIpc) is 1.63. The third-order valence-corrected chi connectivity index (χ3v) is 16.2. The molecule has 4 atom stereocenters. The molecule has 0 aromatic rings. The van der Waals surface area contributed by atoms with Crippen molar-refractivity contribution in [3.8, 4) is 0 Å². The van der Waals surface area contributed by atoms with Crippen LogP contribution in [0.5, 0.6) is 0 Å². The van der Waals surface area contributed by atoms with Gasteiger partial charge in [0, 0.05) is 61.4 Å². The molecular formula is C67H111N5O18. The molecule has 512 valence electrons. The van der Waals surface area contributed by atoms with Crippen molar-refractivity contribution in [2.45, 2.75) is 185 Å². The molecule has 0 aromatic heterocycles. The Bertz CT molecular complexity index is 2120. The molecule has 6 bridgehead atoms. The van der Waals surface area contributed by atoms with Gasteiger partial charge in [-0.2, -0.15) is 0 Å². The summed E-state index contributed by atoms with van der Waals surface area (Å²) in [5, 5.41) is 7.42. The Morgan fingerprint density at radius 1 is 0.378 bits per heavy atom. The summed E-state index contributed by atoms with van der Waals surface area (Å²) in [5.41, 5.74) is 1.19. The molecule has 7 amide bonds. The van der Waals surface area contributed by atoms with E-state index in [1.54, 1.807) is 151 Å². The van der Waals surface area contributed by atoms with E-state index in [1.807, 2.05) is 6.92 Å². The van der Waals surface area contributed by atoms with Crippen LogP contribution in [0, 0.1) is 47.3 Å². The van der Waals surface area contributed by atoms with Crippen molar-refractivity contribution in [2.24, 2.45) is 47.3 Å². The third kappa shape index (κ3) is 33.8. The monoisotopic (exact) mass is 1270 g/mol. The molecule has 7 aliphatic rings. The highest BCUT2D eigenvalue weighted by molar-refractivity contribution is 5.92. The van der Waals surface area contributed by atoms with Crippen molar-refractivity contribution in [1.82, 2.24) is 25.8 Å². The van der Waals surface area contributed by atoms with Gasteiger partial charge in [0.15, 0.2) is 0 Å². The number of urea groups is 2. The Hall–Kier alpha value is -6.94. The molecule has 0 saturated heterocycles. The van der Waals surface area contributed by atoms with Gasteiger partial charge in [-0.1, -0.05) is 91.0 Å². The number of fused-ring (bicyclic) bond motifs is 9. The SMILES string of the molecule is C1CC2C3CCC(C3)C2C1.C1CC2CCC1C2.C1CC2CCC1C2.C=C(C)C(=O)OCCOC(=O)CCC.C=C(C)C(=O)OCCOC(=O)N(CC)C(=O)NCC.C=C(C)C(=O)OCCOC(=O)N(CC)C(=O)NCC.C=C(C)C(=O)OCCOC(=O)NCC. The number of carbonyl (C=O) groups excluding carboxylic acids is 10. The lowest BCUT2D eigenvalue weighted by atomic mass is 9.82. The van der Waals surface area contributed by atoms with Gasteiger partial charge in [0.25, 0.3) is 0 Å². The molecular weight excluding hydrogens is 1160 g/mol. The molecule has 23 nitrogen and oxygen atoms in total. The lowest BCUT2D eigenvalue weighted by Crippen LogP contribution is -2.44. The number of hydrogen-bond donors (Lipinski definition) is 3. The Morgan fingerprint density at radius 2 is 0.678 bits per heavy atom. The van der Waals surface area contributed by atoms with Crippen molar-refractivity contribution in [3.05, 3.63) is 48.6 Å². The maximum atomic E-state index is 11.6. The summed E-state index contributed by atoms with van der Waals surface area (Å²) < 4.78 is 37.9. The standard InChI is InChI=1S/2C12H20N2O5.C10H16O4.C10H16.C9H15NO4.2C7H12/c2*1-5-13-11(16)14(6-2)12(17)19-8-7-18-10(15)9(3)4;1-4-5-9(11)13-6-7-14-10(12)8(2)3;1-2-9-7-4-5-8(6-7)10(9)3-1;1-4-10-9(12)14-6-5-13-8(11)7(2)3;2*1-2-7-4-3-6(1)5-7/h2*3,5-8H2,1-2,4H3,(H,13,16);2,4-7H2,1,3H3;7-10H,1-6H2;2,4-6H2,1,3H3,(H,10,12);2*6-7H,1-5H2. The molecule has 3 N–H and O–H groups in total. The Morgan fingerprint density at radius 3 is 0.944 bits per heavy atom. The van der Waals surface area contributed by atoms with E-state index in [-0.39, 0.29) is 83.1 Å². The molecule has 0 aromatic carbocycles. The van der Waals surface area contributed by atoms with Gasteiger partial charge in [-0.25, -0.2) is 53.0 Å². The van der Waals surface area contributed by atoms with E-state index in [0.717, 1.165) is 16.2 Å². The van der Waals surface area contributed by atoms with Crippen LogP contribution < -0.4 is 16.0 Å². The predicted molar refractivity (Wildman–Crippen MR) is 341 cm³/mol. The predicted octanol–water partition coefficient (Wildman–Crippen LogP) is 12.1. The number of esters is 5. The second kappa shape index (κ2) is 47.0. The van der Waals surface area contributed by atoms with E-state index in [4.69, 9.17) is 28.4 Å². The minimum Gasteiger partial charge on any atom is -0.462 e. The minimum absolute atomic E-state index is 0.0445. The van der Waals surface area contributed by atoms with Gasteiger partial charge in [0.2, 0.25) is 0 Å². The summed E-state index contributed by atoms with van der Waals surface area (Å²) in [5.74, 6) is 7.18. The summed E-state index contributed by atoms with van der Waals surface area (Å²) in [6.45, 7) is 31.9. The summed E-state index contributed by atoms with van der Waals surface area (Å²) in [6, 6.07) is -1.04. The number of ether oxygens (including phenoxy) is 8. The van der Waals surface area contributed by atoms with Gasteiger partial charge in [0.05, 0.1) is 0 Å². The van der Waals surface area contributed by atoms with Crippen LogP contribution in [-0.4, -0.2) is 156 Å². The third-order valence-electron chi connectivity index (χ3n) is 16.2. The summed E-state index contributed by atoms with van der Waals surface area (Å²) in [6.07, 6.45) is 24.3. The number of imide groups is 2. The van der Waals surface area contributed by atoms with Crippen LogP contribution in [0.3, 0.4) is 0 Å². The number of nitrogens with zero attached hydrogens (tertiary/aromatic N) is 2. The van der Waals surface area contributed by atoms with Crippen molar-refractivity contribution in [2.75, 3.05) is 85.6 Å². The molecule has 0 heterocycles. The van der Waals surface area contributed by atoms with Gasteiger partial charge in [0.1, 0.15) is 52.9 Å². The van der Waals surface area contributed by atoms with Crippen LogP contribution in [0.25, 0.3) is 0 Å². The van der Waals surface area contributed by atoms with Gasteiger partial charge in [-0.05, 0) is 161 Å². The van der Waals surface area contributed by atoms with Gasteiger partial charge in [-0.15, -0.1) is 0 Å². The summed E-state index contributed by atoms with van der Waals surface area (Å²) in [7, 11) is 0. The fraction of sp³-hybridized carbons (Fsp3) is 0.731. The lowest BCUT2D eigenvalue weighted by molar-refractivity contribution is -0.150. The molecule has 4 unspecified atom stereocenters. The molecule has 0 radical (unpaired) electrons. The van der Waals surface area contributed by atoms with Crippen LogP contribution in [-0.2, 0) is 61.9 Å². The summed E-state index contributed by atoms with van der Waals surface area (Å²) >= 11 is 0. The van der Waals surface area contributed by atoms with E-state index in [0.29, 0.717) is 37.2 Å². The molecule has 0 spiro atoms. The molecule has 23 heteroatoms. The first-order chi connectivity index (χ1) is 42.9. The van der Waals surface area contributed by atoms with E-state index in [9.17, 15) is 47.9 Å². The fourth-order valence-corrected chi connectivity index (χ4v) is 11.8. The highest BCUT2D eigenvalue weighted by atomic mass is 16.6. The zero-order valence-corrected chi connectivity index (χ0v) is 56.1. The Balaban J connectivity index is 0.000000536. The first-order valence-electron chi connectivity index (χ1n) is 32.7. The largest absolute Gasteiger partial charge is 0.462 e. The first-order valence-corrected chi connectivity index (χ1v) is 32.7. The zero-order chi connectivity index (χ0) is 67.6. The highest BCUT2D eigenvalue weighted by Crippen LogP contribution is 2.58. The molecule has 7 fully saturated rings. The number of alkyl carbamates (subject to hydrolysis) is 1. The van der Waals surface area contributed by atoms with E-state index in [1.165, 1.54) is 61.2 Å². The van der Waals surface area contributed by atoms with E-state index < -0.39 is 54.2 Å². The molecule has 7 aliphatic carbocycles. The second-order valence-corrected chi connectivity index (χ2v) is 23.5. The lowest BCUT2D eigenvalue weighted by Gasteiger charge is -2.23. The number of carbonyl (C=O) groups is 10. The second-order valence-electron chi connectivity index (χ2n) is 23.5. The van der Waals surface area contributed by atoms with Crippen molar-refractivity contribution < 1.29 is 85.8 Å². The van der Waals surface area contributed by atoms with E-state index >= 15 is 0 Å². The fourth-order valence-electron chi connectivity index (χ4n) is 11.8. The maximum absolute atomic E-state index is 11.6.